The summed E-state index contributed by atoms with van der Waals surface area (Å²) >= 11 is 0. The Hall–Kier alpha value is -1.04. The monoisotopic (exact) mass is 246 g/mol. The topological polar surface area (TPSA) is 20.2 Å². The van der Waals surface area contributed by atoms with E-state index < -0.39 is 14.2 Å². The number of aliphatic hydroxyl groups is 1. The smallest absolute Gasteiger partial charge is 0.139 e. The number of hydrogen-bond donors (Lipinski definition) is 1. The van der Waals surface area contributed by atoms with E-state index in [9.17, 15) is 5.11 Å². The van der Waals surface area contributed by atoms with Crippen LogP contribution in [0.2, 0.25) is 19.1 Å². The van der Waals surface area contributed by atoms with Gasteiger partial charge >= 0.3 is 0 Å². The molecule has 1 aromatic carbocycles. The van der Waals surface area contributed by atoms with Gasteiger partial charge in [-0.3, -0.25) is 0 Å². The van der Waals surface area contributed by atoms with Gasteiger partial charge in [0, 0.05) is 0 Å². The maximum atomic E-state index is 10.0. The predicted octanol–water partition coefficient (Wildman–Crippen LogP) is 3.61. The molecule has 0 aromatic heterocycles. The molecule has 0 aliphatic heterocycles. The highest BCUT2D eigenvalue weighted by Gasteiger charge is 2.14. The molecule has 0 bridgehead atoms. The van der Waals surface area contributed by atoms with Crippen molar-refractivity contribution in [2.24, 2.45) is 0 Å². The fraction of sp³-hybridized carbons (Fsp3) is 0.467. The van der Waals surface area contributed by atoms with Crippen molar-refractivity contribution < 1.29 is 5.11 Å². The van der Waals surface area contributed by atoms with Crippen LogP contribution < -0.4 is 0 Å². The summed E-state index contributed by atoms with van der Waals surface area (Å²) in [6.45, 7) is 10.8. The molecule has 0 amide bonds. The van der Waals surface area contributed by atoms with Crippen molar-refractivity contribution in [2.75, 3.05) is 0 Å². The molecule has 0 aliphatic rings. The fourth-order valence-electron chi connectivity index (χ4n) is 1.37. The van der Waals surface area contributed by atoms with E-state index >= 15 is 0 Å². The molecular formula is C15H22OSi. The van der Waals surface area contributed by atoms with E-state index in [0.29, 0.717) is 0 Å². The van der Waals surface area contributed by atoms with Gasteiger partial charge in [-0.2, -0.15) is 0 Å². The molecule has 1 atom stereocenters. The van der Waals surface area contributed by atoms with E-state index in [4.69, 9.17) is 0 Å². The lowest BCUT2D eigenvalue weighted by Gasteiger charge is -2.11. The molecule has 92 valence electrons. The summed E-state index contributed by atoms with van der Waals surface area (Å²) in [5, 5.41) is 10.0. The van der Waals surface area contributed by atoms with Gasteiger partial charge in [-0.15, -0.1) is 5.54 Å². The number of aryl methyl sites for hydroxylation is 2. The molecule has 0 saturated carbocycles. The summed E-state index contributed by atoms with van der Waals surface area (Å²) in [5.41, 5.74) is 6.64. The van der Waals surface area contributed by atoms with Gasteiger partial charge in [0.2, 0.25) is 0 Å². The zero-order valence-corrected chi connectivity index (χ0v) is 12.5. The number of rotatable bonds is 2. The summed E-state index contributed by atoms with van der Waals surface area (Å²) in [5.74, 6) is 3.00. The zero-order chi connectivity index (χ0) is 13.1. The number of benzene rings is 1. The first-order chi connectivity index (χ1) is 7.85. The lowest BCUT2D eigenvalue weighted by Crippen LogP contribution is -2.21. The van der Waals surface area contributed by atoms with E-state index in [1.165, 1.54) is 11.1 Å². The lowest BCUT2D eigenvalue weighted by atomic mass is 10.0. The van der Waals surface area contributed by atoms with Crippen molar-refractivity contribution in [2.45, 2.75) is 46.0 Å². The Morgan fingerprint density at radius 1 is 1.24 bits per heavy atom. The van der Waals surface area contributed by atoms with Gasteiger partial charge in [-0.25, -0.2) is 0 Å². The van der Waals surface area contributed by atoms with E-state index in [2.05, 4.69) is 45.3 Å². The highest BCUT2D eigenvalue weighted by Crippen LogP contribution is 2.17. The van der Waals surface area contributed by atoms with Gasteiger partial charge in [0.05, 0.1) is 0 Å². The molecule has 1 aromatic rings. The van der Waals surface area contributed by atoms with Crippen LogP contribution in [0, 0.1) is 25.3 Å². The van der Waals surface area contributed by atoms with E-state index in [1.807, 2.05) is 18.2 Å². The quantitative estimate of drug-likeness (QED) is 0.624. The van der Waals surface area contributed by atoms with Crippen LogP contribution in [0.1, 0.15) is 29.7 Å². The summed E-state index contributed by atoms with van der Waals surface area (Å²) < 4.78 is 0. The second-order valence-corrected chi connectivity index (χ2v) is 9.98. The Morgan fingerprint density at radius 3 is 2.41 bits per heavy atom. The molecule has 1 N–H and O–H groups in total. The second-order valence-electron chi connectivity index (χ2n) is 5.25. The van der Waals surface area contributed by atoms with Gasteiger partial charge in [-0.05, 0) is 36.6 Å². The third-order valence-corrected chi connectivity index (χ3v) is 5.87. The molecule has 1 unspecified atom stereocenters. The first-order valence-electron chi connectivity index (χ1n) is 6.13. The van der Waals surface area contributed by atoms with Gasteiger partial charge in [-0.1, -0.05) is 44.1 Å². The molecule has 2 heteroatoms. The van der Waals surface area contributed by atoms with Crippen molar-refractivity contribution in [1.29, 1.82) is 0 Å². The van der Waals surface area contributed by atoms with Crippen molar-refractivity contribution in [1.82, 2.24) is 0 Å². The zero-order valence-electron chi connectivity index (χ0n) is 11.5. The summed E-state index contributed by atoms with van der Waals surface area (Å²) in [4.78, 5) is 0. The maximum absolute atomic E-state index is 10.0. The second kappa shape index (κ2) is 5.53. The molecule has 0 saturated heterocycles. The molecule has 0 spiro atoms. The molecule has 0 radical (unpaired) electrons. The van der Waals surface area contributed by atoms with Crippen molar-refractivity contribution in [3.63, 3.8) is 0 Å². The Labute approximate surface area is 106 Å². The molecule has 0 fully saturated rings. The fourth-order valence-corrected chi connectivity index (χ4v) is 2.07. The average Bonchev–Trinajstić information content (AvgIpc) is 2.30. The van der Waals surface area contributed by atoms with Gasteiger partial charge < -0.3 is 5.11 Å². The van der Waals surface area contributed by atoms with Crippen LogP contribution in [0.15, 0.2) is 18.2 Å². The van der Waals surface area contributed by atoms with Crippen molar-refractivity contribution >= 4 is 8.07 Å². The number of hydrogen-bond acceptors (Lipinski definition) is 1. The average molecular weight is 246 g/mol. The van der Waals surface area contributed by atoms with Crippen LogP contribution in [0.3, 0.4) is 0 Å². The summed E-state index contributed by atoms with van der Waals surface area (Å²) in [6, 6.07) is 7.15. The molecule has 17 heavy (non-hydrogen) atoms. The van der Waals surface area contributed by atoms with Crippen LogP contribution in [-0.4, -0.2) is 13.2 Å². The van der Waals surface area contributed by atoms with Crippen molar-refractivity contribution in [3.8, 4) is 11.5 Å². The molecule has 1 nitrogen and oxygen atoms in total. The van der Waals surface area contributed by atoms with E-state index in [1.54, 1.807) is 0 Å². The van der Waals surface area contributed by atoms with Gasteiger partial charge in [0.25, 0.3) is 0 Å². The van der Waals surface area contributed by atoms with Crippen LogP contribution in [0.4, 0.5) is 0 Å². The molecule has 0 heterocycles. The Kier molecular flexibility index (Phi) is 4.56. The first kappa shape index (κ1) is 14.0. The molecule has 0 aliphatic carbocycles. The first-order valence-corrected chi connectivity index (χ1v) is 9.34. The SMILES string of the molecule is CC[Si](C)(C)C#CC(O)c1ccc(C)c(C)c1. The van der Waals surface area contributed by atoms with Crippen LogP contribution >= 0.6 is 0 Å². The Balaban J connectivity index is 2.90. The Bertz CT molecular complexity index is 452. The largest absolute Gasteiger partial charge is 0.376 e. The minimum absolute atomic E-state index is 0.646. The van der Waals surface area contributed by atoms with Crippen LogP contribution in [0.25, 0.3) is 0 Å². The Morgan fingerprint density at radius 2 is 1.88 bits per heavy atom. The highest BCUT2D eigenvalue weighted by molar-refractivity contribution is 6.85. The normalized spacial score (nSPS) is 12.8. The van der Waals surface area contributed by atoms with Gasteiger partial charge in [0.15, 0.2) is 0 Å². The lowest BCUT2D eigenvalue weighted by molar-refractivity contribution is 0.238. The van der Waals surface area contributed by atoms with Crippen molar-refractivity contribution in [3.05, 3.63) is 34.9 Å². The summed E-state index contributed by atoms with van der Waals surface area (Å²) in [6.07, 6.45) is -0.646. The minimum atomic E-state index is -1.42. The summed E-state index contributed by atoms with van der Waals surface area (Å²) in [7, 11) is -1.42. The van der Waals surface area contributed by atoms with Crippen LogP contribution in [-0.2, 0) is 0 Å². The van der Waals surface area contributed by atoms with Crippen LogP contribution in [0.5, 0.6) is 0 Å². The maximum Gasteiger partial charge on any atom is 0.139 e. The predicted molar refractivity (Wildman–Crippen MR) is 76.6 cm³/mol. The van der Waals surface area contributed by atoms with Gasteiger partial charge in [0.1, 0.15) is 14.2 Å². The highest BCUT2D eigenvalue weighted by atomic mass is 28.3. The van der Waals surface area contributed by atoms with E-state index in [0.717, 1.165) is 11.6 Å². The van der Waals surface area contributed by atoms with E-state index in [-0.39, 0.29) is 0 Å². The third kappa shape index (κ3) is 4.03. The standard InChI is InChI=1S/C15H22OSi/c1-6-17(4,5)10-9-15(16)14-8-7-12(2)13(3)11-14/h7-8,11,15-16H,6H2,1-5H3. The molecule has 1 rings (SSSR count). The molecular weight excluding hydrogens is 224 g/mol. The number of aliphatic hydroxyl groups excluding tert-OH is 1. The third-order valence-electron chi connectivity index (χ3n) is 3.28. The minimum Gasteiger partial charge on any atom is -0.376 e.